The summed E-state index contributed by atoms with van der Waals surface area (Å²) in [4.78, 5) is 3.73. The molecule has 0 radical (unpaired) electrons. The van der Waals surface area contributed by atoms with E-state index < -0.39 is 22.2 Å². The van der Waals surface area contributed by atoms with Crippen molar-refractivity contribution in [2.75, 3.05) is 0 Å². The van der Waals surface area contributed by atoms with Crippen LogP contribution in [0.5, 0.6) is 0 Å². The summed E-state index contributed by atoms with van der Waals surface area (Å²) in [6.07, 6.45) is 3.82. The lowest BCUT2D eigenvalue weighted by molar-refractivity contribution is 0.0178. The maximum Gasteiger partial charge on any atom is 0.176 e. The highest BCUT2D eigenvalue weighted by Crippen LogP contribution is 2.45. The molecule has 2 saturated heterocycles. The highest BCUT2D eigenvalue weighted by atomic mass is 32.2. The number of halogens is 1. The van der Waals surface area contributed by atoms with Crippen LogP contribution in [0.1, 0.15) is 36.9 Å². The van der Waals surface area contributed by atoms with Crippen LogP contribution in [0.25, 0.3) is 0 Å². The van der Waals surface area contributed by atoms with Gasteiger partial charge < -0.3 is 5.11 Å². The first-order valence-electron chi connectivity index (χ1n) is 6.21. The summed E-state index contributed by atoms with van der Waals surface area (Å²) in [5.74, 6) is -0.715. The molecule has 2 bridgehead atoms. The number of rotatable bonds is 1. The average Bonchev–Trinajstić information content (AvgIpc) is 2.63. The number of fused-ring (bicyclic) bond motifs is 2. The Hall–Kier alpha value is -1.32. The van der Waals surface area contributed by atoms with Crippen molar-refractivity contribution in [1.29, 1.82) is 5.26 Å². The number of aromatic nitrogens is 1. The van der Waals surface area contributed by atoms with Crippen molar-refractivity contribution in [2.24, 2.45) is 0 Å². The largest absolute Gasteiger partial charge is 0.385 e. The van der Waals surface area contributed by atoms with Crippen molar-refractivity contribution in [3.8, 4) is 6.07 Å². The summed E-state index contributed by atoms with van der Waals surface area (Å²) in [6, 6.07) is 2.84. The van der Waals surface area contributed by atoms with Crippen LogP contribution in [-0.4, -0.2) is 24.8 Å². The summed E-state index contributed by atoms with van der Waals surface area (Å²) in [5.41, 5.74) is -1.05. The van der Waals surface area contributed by atoms with E-state index in [2.05, 4.69) is 4.98 Å². The van der Waals surface area contributed by atoms with Gasteiger partial charge in [0.2, 0.25) is 0 Å². The smallest absolute Gasteiger partial charge is 0.176 e. The first kappa shape index (κ1) is 12.7. The molecule has 1 N–H and O–H groups in total. The molecule has 0 amide bonds. The topological polar surface area (TPSA) is 74.0 Å². The van der Waals surface area contributed by atoms with Gasteiger partial charge >= 0.3 is 0 Å². The molecule has 100 valence electrons. The van der Waals surface area contributed by atoms with Crippen LogP contribution in [-0.2, 0) is 16.4 Å². The SMILES string of the molecule is N#Cc1ncc(C2(O)CC3CCC(C2)S3=O)cc1F. The second-order valence-electron chi connectivity index (χ2n) is 5.26. The molecule has 6 heteroatoms. The number of nitriles is 1. The second-order valence-corrected chi connectivity index (χ2v) is 7.25. The molecule has 3 rings (SSSR count). The van der Waals surface area contributed by atoms with Gasteiger partial charge in [0.25, 0.3) is 0 Å². The molecule has 1 aromatic heterocycles. The van der Waals surface area contributed by atoms with E-state index in [-0.39, 0.29) is 16.2 Å². The Kier molecular flexibility index (Phi) is 2.91. The van der Waals surface area contributed by atoms with Crippen molar-refractivity contribution in [3.63, 3.8) is 0 Å². The van der Waals surface area contributed by atoms with Crippen molar-refractivity contribution in [3.05, 3.63) is 29.3 Å². The minimum absolute atomic E-state index is 0.0116. The van der Waals surface area contributed by atoms with Crippen LogP contribution in [0.4, 0.5) is 4.39 Å². The fourth-order valence-corrected chi connectivity index (χ4v) is 5.25. The van der Waals surface area contributed by atoms with E-state index in [0.717, 1.165) is 12.8 Å². The van der Waals surface area contributed by atoms with Gasteiger partial charge in [0, 0.05) is 33.1 Å². The Bertz CT molecular complexity index is 583. The summed E-state index contributed by atoms with van der Waals surface area (Å²) >= 11 is 0. The predicted molar refractivity (Wildman–Crippen MR) is 67.0 cm³/mol. The number of hydrogen-bond donors (Lipinski definition) is 1. The number of nitrogens with zero attached hydrogens (tertiary/aromatic N) is 2. The predicted octanol–water partition coefficient (Wildman–Crippen LogP) is 1.35. The Morgan fingerprint density at radius 1 is 1.47 bits per heavy atom. The fourth-order valence-electron chi connectivity index (χ4n) is 3.09. The van der Waals surface area contributed by atoms with E-state index >= 15 is 0 Å². The van der Waals surface area contributed by atoms with Gasteiger partial charge in [-0.2, -0.15) is 5.26 Å². The summed E-state index contributed by atoms with van der Waals surface area (Å²) in [6.45, 7) is 0. The van der Waals surface area contributed by atoms with Crippen LogP contribution in [0.15, 0.2) is 12.3 Å². The average molecular weight is 280 g/mol. The van der Waals surface area contributed by atoms with Crippen LogP contribution in [0.3, 0.4) is 0 Å². The van der Waals surface area contributed by atoms with Crippen LogP contribution in [0.2, 0.25) is 0 Å². The molecule has 2 fully saturated rings. The molecule has 0 aliphatic carbocycles. The molecule has 0 saturated carbocycles. The summed E-state index contributed by atoms with van der Waals surface area (Å²) in [5, 5.41) is 19.3. The van der Waals surface area contributed by atoms with Crippen molar-refractivity contribution < 1.29 is 13.7 Å². The van der Waals surface area contributed by atoms with Gasteiger partial charge in [-0.1, -0.05) is 0 Å². The van der Waals surface area contributed by atoms with E-state index in [4.69, 9.17) is 5.26 Å². The fraction of sp³-hybridized carbons (Fsp3) is 0.538. The van der Waals surface area contributed by atoms with Gasteiger partial charge in [0.15, 0.2) is 11.5 Å². The molecule has 3 heterocycles. The molecule has 2 unspecified atom stereocenters. The molecule has 2 aliphatic heterocycles. The lowest BCUT2D eigenvalue weighted by atomic mass is 9.87. The number of aliphatic hydroxyl groups is 1. The molecule has 19 heavy (non-hydrogen) atoms. The second kappa shape index (κ2) is 4.36. The quantitative estimate of drug-likeness (QED) is 0.842. The Morgan fingerprint density at radius 3 is 2.63 bits per heavy atom. The highest BCUT2D eigenvalue weighted by molar-refractivity contribution is 7.86. The summed E-state index contributed by atoms with van der Waals surface area (Å²) < 4.78 is 25.5. The molecule has 2 aliphatic rings. The maximum absolute atomic E-state index is 13.6. The van der Waals surface area contributed by atoms with E-state index in [9.17, 15) is 13.7 Å². The monoisotopic (exact) mass is 280 g/mol. The lowest BCUT2D eigenvalue weighted by Gasteiger charge is -2.36. The standard InChI is InChI=1S/C13H13FN2O2S/c14-11-3-8(7-16-12(11)6-15)13(17)4-9-1-2-10(5-13)19(9)18/h3,7,9-10,17H,1-2,4-5H2. The lowest BCUT2D eigenvalue weighted by Crippen LogP contribution is -2.40. The number of pyridine rings is 1. The molecule has 0 spiro atoms. The van der Waals surface area contributed by atoms with Crippen LogP contribution >= 0.6 is 0 Å². The minimum atomic E-state index is -1.17. The van der Waals surface area contributed by atoms with Gasteiger partial charge in [0.05, 0.1) is 5.60 Å². The van der Waals surface area contributed by atoms with E-state index in [1.807, 2.05) is 0 Å². The van der Waals surface area contributed by atoms with Crippen molar-refractivity contribution in [2.45, 2.75) is 41.8 Å². The molecule has 0 aromatic carbocycles. The van der Waals surface area contributed by atoms with E-state index in [1.54, 1.807) is 6.07 Å². The van der Waals surface area contributed by atoms with Crippen molar-refractivity contribution >= 4 is 10.8 Å². The van der Waals surface area contributed by atoms with Crippen LogP contribution < -0.4 is 0 Å². The molecule has 1 aromatic rings. The Balaban J connectivity index is 1.96. The minimum Gasteiger partial charge on any atom is -0.385 e. The van der Waals surface area contributed by atoms with Crippen molar-refractivity contribution in [1.82, 2.24) is 4.98 Å². The van der Waals surface area contributed by atoms with Gasteiger partial charge in [-0.3, -0.25) is 4.21 Å². The molecule has 2 atom stereocenters. The zero-order chi connectivity index (χ0) is 13.6. The molecular weight excluding hydrogens is 267 g/mol. The molecule has 4 nitrogen and oxygen atoms in total. The third kappa shape index (κ3) is 1.97. The zero-order valence-electron chi connectivity index (χ0n) is 10.2. The Morgan fingerprint density at radius 2 is 2.11 bits per heavy atom. The highest BCUT2D eigenvalue weighted by Gasteiger charge is 2.48. The van der Waals surface area contributed by atoms with Gasteiger partial charge in [-0.25, -0.2) is 9.37 Å². The first-order chi connectivity index (χ1) is 9.03. The van der Waals surface area contributed by atoms with E-state index in [0.29, 0.717) is 18.4 Å². The third-order valence-corrected chi connectivity index (χ3v) is 6.20. The van der Waals surface area contributed by atoms with E-state index in [1.165, 1.54) is 12.3 Å². The van der Waals surface area contributed by atoms with Crippen LogP contribution in [0, 0.1) is 17.1 Å². The summed E-state index contributed by atoms with van der Waals surface area (Å²) in [7, 11) is -0.877. The zero-order valence-corrected chi connectivity index (χ0v) is 11.0. The third-order valence-electron chi connectivity index (χ3n) is 4.08. The number of hydrogen-bond acceptors (Lipinski definition) is 4. The van der Waals surface area contributed by atoms with Gasteiger partial charge in [-0.05, 0) is 31.7 Å². The van der Waals surface area contributed by atoms with Gasteiger partial charge in [0.1, 0.15) is 6.07 Å². The maximum atomic E-state index is 13.6. The normalized spacial score (nSPS) is 37.0. The molecular formula is C13H13FN2O2S. The van der Waals surface area contributed by atoms with Gasteiger partial charge in [-0.15, -0.1) is 0 Å². The Labute approximate surface area is 112 Å². The first-order valence-corrected chi connectivity index (χ1v) is 7.49.